The van der Waals surface area contributed by atoms with Gasteiger partial charge < -0.3 is 20.2 Å². The fourth-order valence-electron chi connectivity index (χ4n) is 1.16. The zero-order chi connectivity index (χ0) is 11.1. The third kappa shape index (κ3) is 4.14. The van der Waals surface area contributed by atoms with Crippen molar-refractivity contribution in [3.63, 3.8) is 0 Å². The number of amides is 1. The first-order chi connectivity index (χ1) is 7.24. The number of nitrogens with one attached hydrogen (secondary N) is 1. The number of ether oxygens (including phenoxy) is 1. The highest BCUT2D eigenvalue weighted by atomic mass is 16.5. The predicted octanol–water partition coefficient (Wildman–Crippen LogP) is 0.373. The molecule has 0 radical (unpaired) electrons. The highest BCUT2D eigenvalue weighted by molar-refractivity contribution is 5.91. The minimum absolute atomic E-state index is 0.0492. The Labute approximate surface area is 88.6 Å². The number of hydrogen-bond donors (Lipinski definition) is 2. The van der Waals surface area contributed by atoms with E-state index in [-0.39, 0.29) is 11.9 Å². The Kier molecular flexibility index (Phi) is 4.86. The Bertz CT molecular complexity index is 285. The van der Waals surface area contributed by atoms with E-state index >= 15 is 0 Å². The van der Waals surface area contributed by atoms with Crippen molar-refractivity contribution in [2.75, 3.05) is 20.3 Å². The molecule has 5 nitrogen and oxygen atoms in total. The fourth-order valence-corrected chi connectivity index (χ4v) is 1.16. The molecular formula is C10H16N2O3. The van der Waals surface area contributed by atoms with E-state index in [1.807, 2.05) is 0 Å². The molecule has 15 heavy (non-hydrogen) atoms. The van der Waals surface area contributed by atoms with Crippen LogP contribution in [-0.4, -0.2) is 32.2 Å². The monoisotopic (exact) mass is 212 g/mol. The lowest BCUT2D eigenvalue weighted by atomic mass is 10.2. The first kappa shape index (κ1) is 11.7. The van der Waals surface area contributed by atoms with Crippen LogP contribution in [0.25, 0.3) is 0 Å². The number of carbonyl (C=O) groups is 1. The molecule has 1 aromatic heterocycles. The molecule has 1 atom stereocenters. The summed E-state index contributed by atoms with van der Waals surface area (Å²) in [7, 11) is 1.60. The molecule has 1 amide bonds. The van der Waals surface area contributed by atoms with E-state index in [0.29, 0.717) is 25.3 Å². The predicted molar refractivity (Wildman–Crippen MR) is 55.5 cm³/mol. The van der Waals surface area contributed by atoms with Gasteiger partial charge >= 0.3 is 0 Å². The van der Waals surface area contributed by atoms with Crippen molar-refractivity contribution in [3.05, 3.63) is 24.2 Å². The molecular weight excluding hydrogens is 196 g/mol. The zero-order valence-electron chi connectivity index (χ0n) is 8.73. The molecule has 1 rings (SSSR count). The Morgan fingerprint density at radius 3 is 3.13 bits per heavy atom. The van der Waals surface area contributed by atoms with Crippen LogP contribution in [0, 0.1) is 0 Å². The minimum atomic E-state index is -0.218. The summed E-state index contributed by atoms with van der Waals surface area (Å²) in [4.78, 5) is 11.4. The van der Waals surface area contributed by atoms with Gasteiger partial charge in [-0.2, -0.15) is 0 Å². The maximum atomic E-state index is 11.4. The molecule has 3 N–H and O–H groups in total. The topological polar surface area (TPSA) is 77.5 Å². The van der Waals surface area contributed by atoms with Gasteiger partial charge in [-0.15, -0.1) is 0 Å². The van der Waals surface area contributed by atoms with E-state index in [2.05, 4.69) is 5.32 Å². The number of nitrogens with two attached hydrogens (primary N) is 1. The smallest absolute Gasteiger partial charge is 0.286 e. The average molecular weight is 212 g/mol. The largest absolute Gasteiger partial charge is 0.459 e. The molecule has 0 aliphatic carbocycles. The van der Waals surface area contributed by atoms with Crippen LogP contribution in [0.4, 0.5) is 0 Å². The van der Waals surface area contributed by atoms with Crippen molar-refractivity contribution in [3.8, 4) is 0 Å². The van der Waals surface area contributed by atoms with Crippen molar-refractivity contribution in [1.29, 1.82) is 0 Å². The summed E-state index contributed by atoms with van der Waals surface area (Å²) in [5.41, 5.74) is 5.69. The first-order valence-corrected chi connectivity index (χ1v) is 4.80. The van der Waals surface area contributed by atoms with E-state index in [1.165, 1.54) is 6.26 Å². The molecule has 0 aromatic carbocycles. The van der Waals surface area contributed by atoms with Crippen LogP contribution in [0.15, 0.2) is 22.8 Å². The lowest BCUT2D eigenvalue weighted by molar-refractivity contribution is 0.0922. The molecule has 0 saturated heterocycles. The van der Waals surface area contributed by atoms with Crippen LogP contribution < -0.4 is 11.1 Å². The van der Waals surface area contributed by atoms with Crippen LogP contribution in [0.1, 0.15) is 17.0 Å². The van der Waals surface area contributed by atoms with Crippen LogP contribution in [0.2, 0.25) is 0 Å². The summed E-state index contributed by atoms with van der Waals surface area (Å²) in [5, 5.41) is 2.71. The van der Waals surface area contributed by atoms with Gasteiger partial charge in [0, 0.05) is 19.7 Å². The van der Waals surface area contributed by atoms with E-state index < -0.39 is 0 Å². The number of carbonyl (C=O) groups excluding carboxylic acids is 1. The van der Waals surface area contributed by atoms with Crippen molar-refractivity contribution in [1.82, 2.24) is 5.32 Å². The quantitative estimate of drug-likeness (QED) is 0.714. The Morgan fingerprint density at radius 1 is 1.73 bits per heavy atom. The molecule has 0 aliphatic heterocycles. The van der Waals surface area contributed by atoms with Crippen LogP contribution in [0.5, 0.6) is 0 Å². The molecule has 1 aromatic rings. The number of methoxy groups -OCH3 is 1. The SMILES string of the molecule is COCC(N)CCNC(=O)c1ccco1. The van der Waals surface area contributed by atoms with Crippen molar-refractivity contribution < 1.29 is 13.9 Å². The van der Waals surface area contributed by atoms with Gasteiger partial charge in [-0.1, -0.05) is 0 Å². The second-order valence-corrected chi connectivity index (χ2v) is 3.24. The maximum absolute atomic E-state index is 11.4. The summed E-state index contributed by atoms with van der Waals surface area (Å²) in [5.74, 6) is 0.0972. The first-order valence-electron chi connectivity index (χ1n) is 4.80. The van der Waals surface area contributed by atoms with Crippen LogP contribution in [-0.2, 0) is 4.74 Å². The lowest BCUT2D eigenvalue weighted by Gasteiger charge is -2.10. The lowest BCUT2D eigenvalue weighted by Crippen LogP contribution is -2.32. The molecule has 1 heterocycles. The third-order valence-corrected chi connectivity index (χ3v) is 1.93. The van der Waals surface area contributed by atoms with E-state index in [4.69, 9.17) is 14.9 Å². The normalized spacial score (nSPS) is 12.4. The summed E-state index contributed by atoms with van der Waals surface area (Å²) in [6.45, 7) is 1.01. The summed E-state index contributed by atoms with van der Waals surface area (Å²) < 4.78 is 9.81. The molecule has 0 fully saturated rings. The molecule has 0 saturated carbocycles. The van der Waals surface area contributed by atoms with Crippen molar-refractivity contribution in [2.45, 2.75) is 12.5 Å². The number of hydrogen-bond acceptors (Lipinski definition) is 4. The van der Waals surface area contributed by atoms with Gasteiger partial charge in [-0.3, -0.25) is 4.79 Å². The molecule has 0 bridgehead atoms. The van der Waals surface area contributed by atoms with Gasteiger partial charge in [0.25, 0.3) is 5.91 Å². The number of rotatable bonds is 6. The maximum Gasteiger partial charge on any atom is 0.286 e. The summed E-state index contributed by atoms with van der Waals surface area (Å²) in [6.07, 6.45) is 2.14. The Balaban J connectivity index is 2.18. The van der Waals surface area contributed by atoms with Gasteiger partial charge in [0.05, 0.1) is 12.9 Å². The summed E-state index contributed by atoms with van der Waals surface area (Å²) in [6, 6.07) is 3.24. The summed E-state index contributed by atoms with van der Waals surface area (Å²) >= 11 is 0. The molecule has 1 unspecified atom stereocenters. The highest BCUT2D eigenvalue weighted by Gasteiger charge is 2.08. The van der Waals surface area contributed by atoms with Gasteiger partial charge in [0.15, 0.2) is 5.76 Å². The molecule has 5 heteroatoms. The second-order valence-electron chi connectivity index (χ2n) is 3.24. The van der Waals surface area contributed by atoms with E-state index in [1.54, 1.807) is 19.2 Å². The Morgan fingerprint density at radius 2 is 2.53 bits per heavy atom. The average Bonchev–Trinajstić information content (AvgIpc) is 2.70. The third-order valence-electron chi connectivity index (χ3n) is 1.93. The van der Waals surface area contributed by atoms with Crippen molar-refractivity contribution in [2.24, 2.45) is 5.73 Å². The van der Waals surface area contributed by atoms with Crippen molar-refractivity contribution >= 4 is 5.91 Å². The van der Waals surface area contributed by atoms with Crippen LogP contribution in [0.3, 0.4) is 0 Å². The van der Waals surface area contributed by atoms with E-state index in [0.717, 1.165) is 0 Å². The molecule has 0 spiro atoms. The van der Waals surface area contributed by atoms with Gasteiger partial charge in [0.1, 0.15) is 0 Å². The fraction of sp³-hybridized carbons (Fsp3) is 0.500. The molecule has 84 valence electrons. The highest BCUT2D eigenvalue weighted by Crippen LogP contribution is 1.99. The molecule has 0 aliphatic rings. The van der Waals surface area contributed by atoms with E-state index in [9.17, 15) is 4.79 Å². The minimum Gasteiger partial charge on any atom is -0.459 e. The standard InChI is InChI=1S/C10H16N2O3/c1-14-7-8(11)4-5-12-10(13)9-3-2-6-15-9/h2-3,6,8H,4-5,7,11H2,1H3,(H,12,13). The zero-order valence-corrected chi connectivity index (χ0v) is 8.73. The number of furan rings is 1. The van der Waals surface area contributed by atoms with Crippen LogP contribution >= 0.6 is 0 Å². The van der Waals surface area contributed by atoms with Gasteiger partial charge in [-0.05, 0) is 18.6 Å². The van der Waals surface area contributed by atoms with Gasteiger partial charge in [0.2, 0.25) is 0 Å². The second kappa shape index (κ2) is 6.21. The Hall–Kier alpha value is -1.33. The van der Waals surface area contributed by atoms with Gasteiger partial charge in [-0.25, -0.2) is 0 Å².